The Balaban J connectivity index is 2.63. The third kappa shape index (κ3) is 4.70. The molecule has 1 aromatic rings. The van der Waals surface area contributed by atoms with Crippen LogP contribution in [-0.2, 0) is 4.79 Å². The number of carbonyl (C=O) groups is 1. The van der Waals surface area contributed by atoms with Crippen molar-refractivity contribution < 1.29 is 18.0 Å². The first-order valence-electron chi connectivity index (χ1n) is 6.06. The summed E-state index contributed by atoms with van der Waals surface area (Å²) in [6, 6.07) is 1.75. The molecule has 1 rings (SSSR count). The van der Waals surface area contributed by atoms with Crippen molar-refractivity contribution in [1.29, 1.82) is 0 Å². The van der Waals surface area contributed by atoms with Crippen molar-refractivity contribution in [2.75, 3.05) is 25.5 Å². The molecule has 0 aromatic heterocycles. The van der Waals surface area contributed by atoms with Gasteiger partial charge in [0.2, 0.25) is 5.91 Å². The van der Waals surface area contributed by atoms with Crippen LogP contribution in [0.25, 0.3) is 0 Å². The summed E-state index contributed by atoms with van der Waals surface area (Å²) in [6.07, 6.45) is 1.94. The van der Waals surface area contributed by atoms with Crippen LogP contribution in [0.2, 0.25) is 0 Å². The van der Waals surface area contributed by atoms with Gasteiger partial charge in [-0.05, 0) is 33.0 Å². The molecule has 0 fully saturated rings. The van der Waals surface area contributed by atoms with E-state index >= 15 is 0 Å². The Labute approximate surface area is 116 Å². The van der Waals surface area contributed by atoms with Crippen LogP contribution in [0.4, 0.5) is 18.9 Å². The topological polar surface area (TPSA) is 32.3 Å². The minimum Gasteiger partial charge on any atom is -0.322 e. The smallest absolute Gasteiger partial charge is 0.238 e. The van der Waals surface area contributed by atoms with E-state index in [4.69, 9.17) is 0 Å². The normalized spacial score (nSPS) is 10.6. The summed E-state index contributed by atoms with van der Waals surface area (Å²) in [4.78, 5) is 13.4. The highest BCUT2D eigenvalue weighted by atomic mass is 19.2. The first-order valence-corrected chi connectivity index (χ1v) is 6.06. The fourth-order valence-corrected chi connectivity index (χ4v) is 1.46. The Hall–Kier alpha value is -1.82. The zero-order valence-electron chi connectivity index (χ0n) is 11.6. The lowest BCUT2D eigenvalue weighted by Crippen LogP contribution is -2.30. The number of halogens is 3. The molecule has 1 N–H and O–H groups in total. The maximum atomic E-state index is 13.4. The Bertz CT molecular complexity index is 525. The number of nitrogens with one attached hydrogen (secondary N) is 1. The third-order valence-corrected chi connectivity index (χ3v) is 2.53. The molecule has 0 atom stereocenters. The molecule has 0 saturated heterocycles. The van der Waals surface area contributed by atoms with E-state index in [2.05, 4.69) is 5.32 Å². The number of nitrogens with zero attached hydrogens (tertiary/aromatic N) is 1. The molecular formula is C14H17F3N2O. The summed E-state index contributed by atoms with van der Waals surface area (Å²) in [6.45, 7) is 4.45. The molecule has 1 amide bonds. The average Bonchev–Trinajstić information content (AvgIpc) is 2.37. The van der Waals surface area contributed by atoms with Gasteiger partial charge in [-0.1, -0.05) is 11.6 Å². The predicted octanol–water partition coefficient (Wildman–Crippen LogP) is 2.94. The van der Waals surface area contributed by atoms with Crippen LogP contribution in [0.3, 0.4) is 0 Å². The molecule has 0 bridgehead atoms. The maximum absolute atomic E-state index is 13.4. The Morgan fingerprint density at radius 1 is 1.25 bits per heavy atom. The van der Waals surface area contributed by atoms with Crippen LogP contribution in [-0.4, -0.2) is 30.9 Å². The number of hydrogen-bond acceptors (Lipinski definition) is 2. The van der Waals surface area contributed by atoms with Gasteiger partial charge in [-0.3, -0.25) is 9.69 Å². The summed E-state index contributed by atoms with van der Waals surface area (Å²) < 4.78 is 39.1. The van der Waals surface area contributed by atoms with E-state index in [1.807, 2.05) is 19.9 Å². The number of hydrogen-bond donors (Lipinski definition) is 1. The van der Waals surface area contributed by atoms with E-state index in [0.717, 1.165) is 17.7 Å². The van der Waals surface area contributed by atoms with Crippen molar-refractivity contribution in [1.82, 2.24) is 4.90 Å². The van der Waals surface area contributed by atoms with Crippen molar-refractivity contribution >= 4 is 11.6 Å². The number of amides is 1. The van der Waals surface area contributed by atoms with Crippen LogP contribution in [0, 0.1) is 17.5 Å². The van der Waals surface area contributed by atoms with E-state index in [1.54, 1.807) is 11.9 Å². The minimum absolute atomic E-state index is 0.0161. The number of likely N-dealkylation sites (N-methyl/N-ethyl adjacent to an activating group) is 1. The monoisotopic (exact) mass is 286 g/mol. The lowest BCUT2D eigenvalue weighted by atomic mass is 10.2. The molecule has 0 radical (unpaired) electrons. The third-order valence-electron chi connectivity index (χ3n) is 2.53. The summed E-state index contributed by atoms with van der Waals surface area (Å²) >= 11 is 0. The Morgan fingerprint density at radius 3 is 2.50 bits per heavy atom. The molecule has 0 unspecified atom stereocenters. The fraction of sp³-hybridized carbons (Fsp3) is 0.357. The van der Waals surface area contributed by atoms with Crippen LogP contribution in [0.1, 0.15) is 13.8 Å². The molecule has 6 heteroatoms. The van der Waals surface area contributed by atoms with E-state index in [0.29, 0.717) is 6.54 Å². The van der Waals surface area contributed by atoms with Gasteiger partial charge in [0, 0.05) is 6.54 Å². The largest absolute Gasteiger partial charge is 0.322 e. The van der Waals surface area contributed by atoms with Crippen molar-refractivity contribution in [3.05, 3.63) is 41.2 Å². The molecule has 0 aliphatic heterocycles. The van der Waals surface area contributed by atoms with Crippen LogP contribution >= 0.6 is 0 Å². The molecule has 0 heterocycles. The first-order chi connectivity index (χ1) is 9.31. The standard InChI is InChI=1S/C14H17F3N2O/c1-9(2)6-7-19(3)8-12(20)18-11-5-4-10(15)13(16)14(11)17/h4-6H,7-8H2,1-3H3,(H,18,20). The highest BCUT2D eigenvalue weighted by molar-refractivity contribution is 5.92. The molecule has 0 aliphatic carbocycles. The predicted molar refractivity (Wildman–Crippen MR) is 71.9 cm³/mol. The number of allylic oxidation sites excluding steroid dienone is 1. The number of anilines is 1. The van der Waals surface area contributed by atoms with Crippen molar-refractivity contribution in [3.8, 4) is 0 Å². The molecule has 0 spiro atoms. The zero-order valence-corrected chi connectivity index (χ0v) is 11.6. The summed E-state index contributed by atoms with van der Waals surface area (Å²) in [5.74, 6) is -4.79. The molecule has 110 valence electrons. The molecule has 1 aromatic carbocycles. The van der Waals surface area contributed by atoms with Gasteiger partial charge in [-0.15, -0.1) is 0 Å². The molecule has 0 aliphatic rings. The highest BCUT2D eigenvalue weighted by Crippen LogP contribution is 2.19. The van der Waals surface area contributed by atoms with Crippen LogP contribution in [0.5, 0.6) is 0 Å². The van der Waals surface area contributed by atoms with Gasteiger partial charge in [-0.25, -0.2) is 13.2 Å². The van der Waals surface area contributed by atoms with E-state index in [1.165, 1.54) is 0 Å². The van der Waals surface area contributed by atoms with Crippen LogP contribution < -0.4 is 5.32 Å². The highest BCUT2D eigenvalue weighted by Gasteiger charge is 2.15. The van der Waals surface area contributed by atoms with Crippen molar-refractivity contribution in [2.45, 2.75) is 13.8 Å². The second kappa shape index (κ2) is 7.09. The van der Waals surface area contributed by atoms with Gasteiger partial charge < -0.3 is 5.32 Å². The Morgan fingerprint density at radius 2 is 1.90 bits per heavy atom. The van der Waals surface area contributed by atoms with Gasteiger partial charge >= 0.3 is 0 Å². The molecule has 0 saturated carbocycles. The Kier molecular flexibility index (Phi) is 5.76. The quantitative estimate of drug-likeness (QED) is 0.666. The van der Waals surface area contributed by atoms with Crippen molar-refractivity contribution in [2.24, 2.45) is 0 Å². The van der Waals surface area contributed by atoms with Gasteiger partial charge in [0.1, 0.15) is 0 Å². The number of carbonyl (C=O) groups excluding carboxylic acids is 1. The van der Waals surface area contributed by atoms with E-state index < -0.39 is 23.4 Å². The summed E-state index contributed by atoms with van der Waals surface area (Å²) in [7, 11) is 1.72. The summed E-state index contributed by atoms with van der Waals surface area (Å²) in [5.41, 5.74) is 0.744. The van der Waals surface area contributed by atoms with E-state index in [-0.39, 0.29) is 12.2 Å². The van der Waals surface area contributed by atoms with Gasteiger partial charge in [-0.2, -0.15) is 0 Å². The van der Waals surface area contributed by atoms with Crippen LogP contribution in [0.15, 0.2) is 23.8 Å². The van der Waals surface area contributed by atoms with Gasteiger partial charge in [0.25, 0.3) is 0 Å². The summed E-state index contributed by atoms with van der Waals surface area (Å²) in [5, 5.41) is 2.21. The second-order valence-corrected chi connectivity index (χ2v) is 4.75. The lowest BCUT2D eigenvalue weighted by Gasteiger charge is -2.14. The number of rotatable bonds is 5. The lowest BCUT2D eigenvalue weighted by molar-refractivity contribution is -0.116. The first kappa shape index (κ1) is 16.2. The van der Waals surface area contributed by atoms with Gasteiger partial charge in [0.05, 0.1) is 12.2 Å². The molecule has 3 nitrogen and oxygen atoms in total. The van der Waals surface area contributed by atoms with Gasteiger partial charge in [0.15, 0.2) is 17.5 Å². The fourth-order valence-electron chi connectivity index (χ4n) is 1.46. The van der Waals surface area contributed by atoms with E-state index in [9.17, 15) is 18.0 Å². The second-order valence-electron chi connectivity index (χ2n) is 4.75. The van der Waals surface area contributed by atoms with Crippen molar-refractivity contribution in [3.63, 3.8) is 0 Å². The minimum atomic E-state index is -1.60. The maximum Gasteiger partial charge on any atom is 0.238 e. The molecule has 20 heavy (non-hydrogen) atoms. The SMILES string of the molecule is CC(C)=CCN(C)CC(=O)Nc1ccc(F)c(F)c1F. The molecular weight excluding hydrogens is 269 g/mol. The number of benzene rings is 1. The zero-order chi connectivity index (χ0) is 15.3. The average molecular weight is 286 g/mol.